The summed E-state index contributed by atoms with van der Waals surface area (Å²) in [5.74, 6) is 0.842. The van der Waals surface area contributed by atoms with Gasteiger partial charge >= 0.3 is 0 Å². The van der Waals surface area contributed by atoms with Crippen LogP contribution >= 0.6 is 0 Å². The van der Waals surface area contributed by atoms with Gasteiger partial charge in [0.1, 0.15) is 11.9 Å². The molecule has 5 rings (SSSR count). The minimum absolute atomic E-state index is 0.0416. The highest BCUT2D eigenvalue weighted by atomic mass is 16.5. The number of fused-ring (bicyclic) bond motifs is 1. The summed E-state index contributed by atoms with van der Waals surface area (Å²) in [4.78, 5) is 11.8. The molecular weight excluding hydrogens is 386 g/mol. The molecule has 0 unspecified atom stereocenters. The highest BCUT2D eigenvalue weighted by Crippen LogP contribution is 2.27. The van der Waals surface area contributed by atoms with Gasteiger partial charge in [0.05, 0.1) is 30.6 Å². The van der Waals surface area contributed by atoms with Gasteiger partial charge in [-0.15, -0.1) is 0 Å². The topological polar surface area (TPSA) is 47.5 Å². The summed E-state index contributed by atoms with van der Waals surface area (Å²) in [6.07, 6.45) is 1.80. The van der Waals surface area contributed by atoms with Crippen molar-refractivity contribution in [1.82, 2.24) is 14.9 Å². The summed E-state index contributed by atoms with van der Waals surface area (Å²) >= 11 is 0. The second-order valence-electron chi connectivity index (χ2n) is 7.76. The van der Waals surface area contributed by atoms with Crippen LogP contribution in [-0.2, 0) is 11.3 Å². The van der Waals surface area contributed by atoms with Gasteiger partial charge in [-0.3, -0.25) is 14.9 Å². The maximum atomic E-state index is 6.11. The first-order chi connectivity index (χ1) is 15.3. The van der Waals surface area contributed by atoms with Crippen LogP contribution in [0.5, 0.6) is 5.75 Å². The Hall–Kier alpha value is -3.28. The summed E-state index contributed by atoms with van der Waals surface area (Å²) in [5, 5.41) is 1.22. The first-order valence-electron chi connectivity index (χ1n) is 10.6. The molecule has 0 amide bonds. The van der Waals surface area contributed by atoms with Crippen LogP contribution in [0.25, 0.3) is 22.2 Å². The largest absolute Gasteiger partial charge is 0.497 e. The number of methoxy groups -OCH3 is 1. The zero-order valence-electron chi connectivity index (χ0n) is 17.6. The first kappa shape index (κ1) is 19.7. The molecule has 156 valence electrons. The van der Waals surface area contributed by atoms with E-state index in [0.717, 1.165) is 47.9 Å². The van der Waals surface area contributed by atoms with Gasteiger partial charge in [-0.2, -0.15) is 0 Å². The van der Waals surface area contributed by atoms with Crippen LogP contribution in [0.2, 0.25) is 0 Å². The maximum absolute atomic E-state index is 6.11. The molecule has 1 atom stereocenters. The van der Waals surface area contributed by atoms with E-state index in [1.807, 2.05) is 42.6 Å². The number of benzene rings is 2. The molecule has 4 aromatic rings. The summed E-state index contributed by atoms with van der Waals surface area (Å²) in [6.45, 7) is 3.30. The lowest BCUT2D eigenvalue weighted by molar-refractivity contribution is -0.0348. The van der Waals surface area contributed by atoms with E-state index < -0.39 is 0 Å². The molecule has 0 saturated carbocycles. The normalized spacial score (nSPS) is 17.0. The smallest absolute Gasteiger partial charge is 0.118 e. The Kier molecular flexibility index (Phi) is 5.61. The van der Waals surface area contributed by atoms with E-state index in [-0.39, 0.29) is 6.10 Å². The number of ether oxygens (including phenoxy) is 2. The van der Waals surface area contributed by atoms with Gasteiger partial charge in [-0.25, -0.2) is 0 Å². The van der Waals surface area contributed by atoms with Crippen molar-refractivity contribution < 1.29 is 9.47 Å². The highest BCUT2D eigenvalue weighted by molar-refractivity contribution is 5.81. The van der Waals surface area contributed by atoms with Crippen molar-refractivity contribution >= 4 is 10.9 Å². The monoisotopic (exact) mass is 411 g/mol. The predicted octanol–water partition coefficient (Wildman–Crippen LogP) is 4.88. The third-order valence-corrected chi connectivity index (χ3v) is 5.77. The average Bonchev–Trinajstić information content (AvgIpc) is 2.85. The second kappa shape index (κ2) is 8.84. The minimum Gasteiger partial charge on any atom is -0.497 e. The van der Waals surface area contributed by atoms with Crippen molar-refractivity contribution in [2.45, 2.75) is 12.6 Å². The van der Waals surface area contributed by atoms with Crippen LogP contribution in [-0.4, -0.2) is 41.7 Å². The van der Waals surface area contributed by atoms with Crippen molar-refractivity contribution in [2.24, 2.45) is 0 Å². The van der Waals surface area contributed by atoms with Gasteiger partial charge < -0.3 is 9.47 Å². The van der Waals surface area contributed by atoms with Gasteiger partial charge in [-0.05, 0) is 54.1 Å². The zero-order valence-corrected chi connectivity index (χ0v) is 17.6. The van der Waals surface area contributed by atoms with E-state index in [0.29, 0.717) is 6.61 Å². The van der Waals surface area contributed by atoms with Crippen LogP contribution in [0.15, 0.2) is 79.0 Å². The number of pyridine rings is 2. The lowest BCUT2D eigenvalue weighted by Gasteiger charge is -2.33. The number of nitrogens with zero attached hydrogens (tertiary/aromatic N) is 3. The van der Waals surface area contributed by atoms with Gasteiger partial charge in [-0.1, -0.05) is 24.3 Å². The molecule has 2 aromatic carbocycles. The number of morpholine rings is 1. The molecule has 0 aliphatic carbocycles. The molecule has 3 heterocycles. The molecule has 0 N–H and O–H groups in total. The number of hydrogen-bond donors (Lipinski definition) is 0. The molecule has 5 heteroatoms. The van der Waals surface area contributed by atoms with Crippen LogP contribution < -0.4 is 4.74 Å². The molecule has 0 bridgehead atoms. The Morgan fingerprint density at radius 1 is 1.00 bits per heavy atom. The maximum Gasteiger partial charge on any atom is 0.118 e. The average molecular weight is 412 g/mol. The molecule has 5 nitrogen and oxygen atoms in total. The van der Waals surface area contributed by atoms with Crippen LogP contribution in [0, 0.1) is 0 Å². The molecule has 0 radical (unpaired) electrons. The Bertz CT molecular complexity index is 1170. The third-order valence-electron chi connectivity index (χ3n) is 5.77. The van der Waals surface area contributed by atoms with Gasteiger partial charge in [0.15, 0.2) is 0 Å². The predicted molar refractivity (Wildman–Crippen MR) is 122 cm³/mol. The first-order valence-corrected chi connectivity index (χ1v) is 10.6. The van der Waals surface area contributed by atoms with Gasteiger partial charge in [0.2, 0.25) is 0 Å². The van der Waals surface area contributed by atoms with E-state index in [2.05, 4.69) is 46.3 Å². The van der Waals surface area contributed by atoms with Crippen molar-refractivity contribution in [2.75, 3.05) is 26.8 Å². The lowest BCUT2D eigenvalue weighted by atomic mass is 10.1. The van der Waals surface area contributed by atoms with Crippen molar-refractivity contribution in [3.8, 4) is 17.0 Å². The Morgan fingerprint density at radius 2 is 1.87 bits per heavy atom. The second-order valence-corrected chi connectivity index (χ2v) is 7.76. The van der Waals surface area contributed by atoms with E-state index >= 15 is 0 Å². The van der Waals surface area contributed by atoms with Gasteiger partial charge in [0, 0.05) is 36.8 Å². The summed E-state index contributed by atoms with van der Waals surface area (Å²) in [6, 6.07) is 24.6. The molecule has 1 fully saturated rings. The molecule has 1 aliphatic rings. The quantitative estimate of drug-likeness (QED) is 0.468. The molecular formula is C26H25N3O2. The molecule has 1 aliphatic heterocycles. The number of rotatable bonds is 5. The van der Waals surface area contributed by atoms with Crippen molar-refractivity contribution in [3.05, 3.63) is 90.3 Å². The summed E-state index contributed by atoms with van der Waals surface area (Å²) < 4.78 is 11.4. The fraction of sp³-hybridized carbons (Fsp3) is 0.231. The molecule has 0 spiro atoms. The van der Waals surface area contributed by atoms with Crippen molar-refractivity contribution in [3.63, 3.8) is 0 Å². The molecule has 31 heavy (non-hydrogen) atoms. The number of hydrogen-bond acceptors (Lipinski definition) is 5. The summed E-state index contributed by atoms with van der Waals surface area (Å²) in [7, 11) is 1.68. The van der Waals surface area contributed by atoms with Gasteiger partial charge in [0.25, 0.3) is 0 Å². The van der Waals surface area contributed by atoms with Crippen LogP contribution in [0.1, 0.15) is 17.4 Å². The Labute approximate surface area is 182 Å². The Balaban J connectivity index is 1.34. The SMILES string of the molecule is COc1ccc(-c2cccc([C@@H]3CN(Cc4cccc5ncccc45)CCO3)n2)cc1. The van der Waals surface area contributed by atoms with Crippen molar-refractivity contribution in [1.29, 1.82) is 0 Å². The van der Waals surface area contributed by atoms with E-state index in [9.17, 15) is 0 Å². The zero-order chi connectivity index (χ0) is 21.0. The third kappa shape index (κ3) is 4.29. The molecule has 1 saturated heterocycles. The van der Waals surface area contributed by atoms with E-state index in [4.69, 9.17) is 14.5 Å². The van der Waals surface area contributed by atoms with Crippen LogP contribution in [0.3, 0.4) is 0 Å². The standard InChI is InChI=1S/C26H25N3O2/c1-30-21-12-10-19(11-13-21)23-7-3-9-25(28-23)26-18-29(15-16-31-26)17-20-5-2-8-24-22(20)6-4-14-27-24/h2-14,26H,15-18H2,1H3/t26-/m0/s1. The fourth-order valence-corrected chi connectivity index (χ4v) is 4.12. The lowest BCUT2D eigenvalue weighted by Crippen LogP contribution is -2.38. The fourth-order valence-electron chi connectivity index (χ4n) is 4.12. The molecule has 2 aromatic heterocycles. The number of aromatic nitrogens is 2. The van der Waals surface area contributed by atoms with Crippen LogP contribution in [0.4, 0.5) is 0 Å². The Morgan fingerprint density at radius 3 is 2.74 bits per heavy atom. The van der Waals surface area contributed by atoms with E-state index in [1.54, 1.807) is 7.11 Å². The van der Waals surface area contributed by atoms with E-state index in [1.165, 1.54) is 10.9 Å². The summed E-state index contributed by atoms with van der Waals surface area (Å²) in [5.41, 5.74) is 5.32. The highest BCUT2D eigenvalue weighted by Gasteiger charge is 2.24. The minimum atomic E-state index is -0.0416.